The van der Waals surface area contributed by atoms with Gasteiger partial charge in [-0.1, -0.05) is 18.2 Å². The third-order valence-corrected chi connectivity index (χ3v) is 5.53. The van der Waals surface area contributed by atoms with Crippen LogP contribution >= 0.6 is 22.7 Å². The predicted molar refractivity (Wildman–Crippen MR) is 102 cm³/mol. The van der Waals surface area contributed by atoms with Crippen LogP contribution in [0.1, 0.15) is 24.4 Å². The highest BCUT2D eigenvalue weighted by Crippen LogP contribution is 2.26. The van der Waals surface area contributed by atoms with Crippen LogP contribution in [0.3, 0.4) is 0 Å². The molecule has 0 aliphatic carbocycles. The van der Waals surface area contributed by atoms with Crippen molar-refractivity contribution in [2.75, 3.05) is 0 Å². The van der Waals surface area contributed by atoms with E-state index in [4.69, 9.17) is 4.42 Å². The van der Waals surface area contributed by atoms with E-state index in [-0.39, 0.29) is 18.4 Å². The van der Waals surface area contributed by atoms with Gasteiger partial charge in [-0.05, 0) is 30.5 Å². The van der Waals surface area contributed by atoms with Crippen molar-refractivity contribution in [2.45, 2.75) is 19.4 Å². The van der Waals surface area contributed by atoms with Crippen LogP contribution in [0.25, 0.3) is 21.5 Å². The van der Waals surface area contributed by atoms with Gasteiger partial charge in [-0.2, -0.15) is 11.3 Å². The minimum atomic E-state index is -0.185. The number of hydrogen-bond donors (Lipinski definition) is 1. The molecule has 25 heavy (non-hydrogen) atoms. The summed E-state index contributed by atoms with van der Waals surface area (Å²) >= 11 is 3.21. The van der Waals surface area contributed by atoms with E-state index in [2.05, 4.69) is 15.7 Å². The zero-order chi connectivity index (χ0) is 17.2. The maximum atomic E-state index is 12.3. The molecule has 0 spiro atoms. The smallest absolute Gasteiger partial charge is 0.226 e. The standard InChI is InChI=1S/C19H16N2O2S2/c1-12(17-8-13-4-2-3-5-16(13)23-17)20-18(22)9-15-11-25-19(21-15)14-6-7-24-10-14/h2-8,10-12H,9H2,1H3,(H,20,22)/t12-/m1/s1. The second-order valence-corrected chi connectivity index (χ2v) is 7.45. The van der Waals surface area contributed by atoms with Crippen LogP contribution in [-0.4, -0.2) is 10.9 Å². The first kappa shape index (κ1) is 16.1. The molecule has 6 heteroatoms. The van der Waals surface area contributed by atoms with E-state index >= 15 is 0 Å². The lowest BCUT2D eigenvalue weighted by atomic mass is 10.2. The Morgan fingerprint density at radius 2 is 2.16 bits per heavy atom. The first-order valence-electron chi connectivity index (χ1n) is 7.94. The Hall–Kier alpha value is -2.44. The molecule has 3 heterocycles. The number of nitrogens with one attached hydrogen (secondary N) is 1. The summed E-state index contributed by atoms with van der Waals surface area (Å²) in [5, 5.41) is 11.0. The molecule has 4 aromatic rings. The van der Waals surface area contributed by atoms with Crippen molar-refractivity contribution in [3.05, 3.63) is 64.0 Å². The number of carbonyl (C=O) groups is 1. The van der Waals surface area contributed by atoms with Gasteiger partial charge in [-0.25, -0.2) is 4.98 Å². The summed E-state index contributed by atoms with van der Waals surface area (Å²) in [6.45, 7) is 1.92. The summed E-state index contributed by atoms with van der Waals surface area (Å²) < 4.78 is 5.81. The van der Waals surface area contributed by atoms with E-state index in [0.717, 1.165) is 33.0 Å². The molecule has 3 aromatic heterocycles. The average molecular weight is 368 g/mol. The lowest BCUT2D eigenvalue weighted by Crippen LogP contribution is -2.27. The maximum absolute atomic E-state index is 12.3. The summed E-state index contributed by atoms with van der Waals surface area (Å²) in [6, 6.07) is 11.7. The average Bonchev–Trinajstić information content (AvgIpc) is 3.34. The molecular weight excluding hydrogens is 352 g/mol. The highest BCUT2D eigenvalue weighted by Gasteiger charge is 2.15. The fourth-order valence-corrected chi connectivity index (χ4v) is 4.18. The number of carbonyl (C=O) groups excluding carboxylic acids is 1. The zero-order valence-corrected chi connectivity index (χ0v) is 15.2. The van der Waals surface area contributed by atoms with Gasteiger partial charge in [-0.3, -0.25) is 4.79 Å². The van der Waals surface area contributed by atoms with E-state index < -0.39 is 0 Å². The van der Waals surface area contributed by atoms with E-state index in [9.17, 15) is 4.79 Å². The summed E-state index contributed by atoms with van der Waals surface area (Å²) in [5.74, 6) is 0.696. The van der Waals surface area contributed by atoms with Crippen molar-refractivity contribution < 1.29 is 9.21 Å². The number of nitrogens with zero attached hydrogens (tertiary/aromatic N) is 1. The SMILES string of the molecule is C[C@@H](NC(=O)Cc1csc(-c2ccsc2)n1)c1cc2ccccc2o1. The van der Waals surface area contributed by atoms with Crippen LogP contribution in [0.4, 0.5) is 0 Å². The number of furan rings is 1. The van der Waals surface area contributed by atoms with E-state index in [1.54, 1.807) is 22.7 Å². The van der Waals surface area contributed by atoms with Crippen molar-refractivity contribution in [3.8, 4) is 10.6 Å². The minimum Gasteiger partial charge on any atom is -0.459 e. The van der Waals surface area contributed by atoms with E-state index in [0.29, 0.717) is 0 Å². The number of thiophene rings is 1. The number of benzene rings is 1. The first-order chi connectivity index (χ1) is 12.2. The summed E-state index contributed by atoms with van der Waals surface area (Å²) in [7, 11) is 0. The fourth-order valence-electron chi connectivity index (χ4n) is 2.65. The summed E-state index contributed by atoms with van der Waals surface area (Å²) in [4.78, 5) is 16.9. The highest BCUT2D eigenvalue weighted by molar-refractivity contribution is 7.14. The number of hydrogen-bond acceptors (Lipinski definition) is 5. The fraction of sp³-hybridized carbons (Fsp3) is 0.158. The molecular formula is C19H16N2O2S2. The molecule has 4 nitrogen and oxygen atoms in total. The molecule has 0 unspecified atom stereocenters. The van der Waals surface area contributed by atoms with Crippen molar-refractivity contribution in [2.24, 2.45) is 0 Å². The maximum Gasteiger partial charge on any atom is 0.226 e. The summed E-state index contributed by atoms with van der Waals surface area (Å²) in [5.41, 5.74) is 2.73. The number of thiazole rings is 1. The largest absolute Gasteiger partial charge is 0.459 e. The Balaban J connectivity index is 1.41. The number of rotatable bonds is 5. The number of amides is 1. The van der Waals surface area contributed by atoms with Crippen molar-refractivity contribution in [1.29, 1.82) is 0 Å². The molecule has 0 bridgehead atoms. The van der Waals surface area contributed by atoms with Crippen molar-refractivity contribution in [1.82, 2.24) is 10.3 Å². The van der Waals surface area contributed by atoms with Gasteiger partial charge in [0.25, 0.3) is 0 Å². The van der Waals surface area contributed by atoms with Crippen LogP contribution in [0.15, 0.2) is 57.0 Å². The molecule has 126 valence electrons. The van der Waals surface area contributed by atoms with Gasteiger partial charge in [0.05, 0.1) is 18.2 Å². The Bertz CT molecular complexity index is 968. The second-order valence-electron chi connectivity index (χ2n) is 5.81. The van der Waals surface area contributed by atoms with Gasteiger partial charge in [0.1, 0.15) is 16.4 Å². The monoisotopic (exact) mass is 368 g/mol. The molecule has 0 aliphatic heterocycles. The Morgan fingerprint density at radius 1 is 1.28 bits per heavy atom. The van der Waals surface area contributed by atoms with Gasteiger partial charge in [0.15, 0.2) is 0 Å². The number of para-hydroxylation sites is 1. The molecule has 1 aromatic carbocycles. The molecule has 4 rings (SSSR count). The van der Waals surface area contributed by atoms with Crippen molar-refractivity contribution >= 4 is 39.5 Å². The third-order valence-electron chi connectivity index (χ3n) is 3.91. The lowest BCUT2D eigenvalue weighted by molar-refractivity contribution is -0.121. The topological polar surface area (TPSA) is 55.1 Å². The Kier molecular flexibility index (Phi) is 4.38. The lowest BCUT2D eigenvalue weighted by Gasteiger charge is -2.10. The Labute approximate surface area is 153 Å². The summed E-state index contributed by atoms with van der Waals surface area (Å²) in [6.07, 6.45) is 0.269. The van der Waals surface area contributed by atoms with Gasteiger partial charge in [0.2, 0.25) is 5.91 Å². The molecule has 1 N–H and O–H groups in total. The highest BCUT2D eigenvalue weighted by atomic mass is 32.1. The zero-order valence-electron chi connectivity index (χ0n) is 13.6. The molecule has 0 fully saturated rings. The third kappa shape index (κ3) is 3.50. The molecule has 1 amide bonds. The van der Waals surface area contributed by atoms with Crippen LogP contribution in [0, 0.1) is 0 Å². The second kappa shape index (κ2) is 6.82. The van der Waals surface area contributed by atoms with Gasteiger partial charge in [-0.15, -0.1) is 11.3 Å². The number of fused-ring (bicyclic) bond motifs is 1. The molecule has 0 aliphatic rings. The van der Waals surface area contributed by atoms with E-state index in [1.165, 1.54) is 0 Å². The minimum absolute atomic E-state index is 0.0601. The number of aromatic nitrogens is 1. The van der Waals surface area contributed by atoms with Crippen LogP contribution in [0.5, 0.6) is 0 Å². The van der Waals surface area contributed by atoms with Crippen LogP contribution in [0.2, 0.25) is 0 Å². The molecule has 1 atom stereocenters. The molecule has 0 radical (unpaired) electrons. The van der Waals surface area contributed by atoms with Gasteiger partial charge >= 0.3 is 0 Å². The van der Waals surface area contributed by atoms with Crippen molar-refractivity contribution in [3.63, 3.8) is 0 Å². The van der Waals surface area contributed by atoms with Gasteiger partial charge < -0.3 is 9.73 Å². The van der Waals surface area contributed by atoms with E-state index in [1.807, 2.05) is 54.1 Å². The molecule has 0 saturated carbocycles. The first-order valence-corrected chi connectivity index (χ1v) is 9.76. The quantitative estimate of drug-likeness (QED) is 0.537. The predicted octanol–water partition coefficient (Wildman–Crippen LogP) is 5.04. The Morgan fingerprint density at radius 3 is 2.96 bits per heavy atom. The molecule has 0 saturated heterocycles. The normalized spacial score (nSPS) is 12.4. The van der Waals surface area contributed by atoms with Crippen LogP contribution in [-0.2, 0) is 11.2 Å². The van der Waals surface area contributed by atoms with Crippen LogP contribution < -0.4 is 5.32 Å². The van der Waals surface area contributed by atoms with Gasteiger partial charge in [0, 0.05) is 21.7 Å².